The highest BCUT2D eigenvalue weighted by Gasteiger charge is 2.09. The van der Waals surface area contributed by atoms with Gasteiger partial charge >= 0.3 is 0 Å². The van der Waals surface area contributed by atoms with Crippen molar-refractivity contribution in [3.63, 3.8) is 0 Å². The molecule has 0 aliphatic heterocycles. The second kappa shape index (κ2) is 12.4. The number of nitrogens with one attached hydrogen (secondary N) is 3. The van der Waals surface area contributed by atoms with Crippen LogP contribution in [0.4, 0.5) is 0 Å². The maximum Gasteiger partial charge on any atom is 0.270 e. The van der Waals surface area contributed by atoms with E-state index in [0.29, 0.717) is 12.2 Å². The molecule has 0 spiro atoms. The van der Waals surface area contributed by atoms with Gasteiger partial charge in [-0.05, 0) is 25.6 Å². The summed E-state index contributed by atoms with van der Waals surface area (Å²) in [6.45, 7) is 5.33. The van der Waals surface area contributed by atoms with Crippen LogP contribution in [0.3, 0.4) is 0 Å². The average molecular weight is 337 g/mol. The van der Waals surface area contributed by atoms with Crippen molar-refractivity contribution < 1.29 is 9.59 Å². The first-order valence-corrected chi connectivity index (χ1v) is 6.32. The van der Waals surface area contributed by atoms with Gasteiger partial charge in [0.15, 0.2) is 0 Å². The van der Waals surface area contributed by atoms with Gasteiger partial charge in [0.2, 0.25) is 5.91 Å². The molecule has 0 bridgehead atoms. The van der Waals surface area contributed by atoms with Gasteiger partial charge in [-0.2, -0.15) is 0 Å². The van der Waals surface area contributed by atoms with E-state index >= 15 is 0 Å². The van der Waals surface area contributed by atoms with Crippen molar-refractivity contribution in [3.05, 3.63) is 30.1 Å². The summed E-state index contributed by atoms with van der Waals surface area (Å²) in [4.78, 5) is 27.0. The molecule has 0 saturated heterocycles. The van der Waals surface area contributed by atoms with E-state index < -0.39 is 0 Å². The van der Waals surface area contributed by atoms with Gasteiger partial charge < -0.3 is 16.0 Å². The maximum absolute atomic E-state index is 11.6. The summed E-state index contributed by atoms with van der Waals surface area (Å²) in [5.74, 6) is -0.565. The van der Waals surface area contributed by atoms with Crippen molar-refractivity contribution in [1.29, 1.82) is 0 Å². The first-order valence-electron chi connectivity index (χ1n) is 6.32. The number of pyridine rings is 1. The fraction of sp³-hybridized carbons (Fsp3) is 0.462. The van der Waals surface area contributed by atoms with Crippen molar-refractivity contribution in [2.24, 2.45) is 0 Å². The molecule has 2 amide bonds. The second-order valence-corrected chi connectivity index (χ2v) is 4.16. The topological polar surface area (TPSA) is 83.1 Å². The fourth-order valence-electron chi connectivity index (χ4n) is 1.50. The zero-order chi connectivity index (χ0) is 14.1. The monoisotopic (exact) mass is 336 g/mol. The summed E-state index contributed by atoms with van der Waals surface area (Å²) in [6, 6.07) is 5.26. The number of hydrogen-bond acceptors (Lipinski definition) is 4. The Morgan fingerprint density at radius 2 is 1.95 bits per heavy atom. The number of hydrogen-bond donors (Lipinski definition) is 3. The van der Waals surface area contributed by atoms with Crippen molar-refractivity contribution in [2.75, 3.05) is 19.6 Å². The number of likely N-dealkylation sites (N-methyl/N-ethyl adjacent to an activating group) is 1. The largest absolute Gasteiger partial charge is 0.353 e. The average Bonchev–Trinajstić information content (AvgIpc) is 2.44. The van der Waals surface area contributed by atoms with E-state index in [1.807, 2.05) is 13.8 Å². The van der Waals surface area contributed by atoms with Crippen LogP contribution in [-0.2, 0) is 4.79 Å². The Bertz CT molecular complexity index is 418. The summed E-state index contributed by atoms with van der Waals surface area (Å²) in [7, 11) is 0. The number of halogens is 2. The molecule has 1 aromatic heterocycles. The highest BCUT2D eigenvalue weighted by atomic mass is 35.5. The van der Waals surface area contributed by atoms with Gasteiger partial charge in [0.05, 0.1) is 6.54 Å². The highest BCUT2D eigenvalue weighted by molar-refractivity contribution is 5.94. The Hall–Kier alpha value is -1.37. The van der Waals surface area contributed by atoms with Crippen molar-refractivity contribution in [1.82, 2.24) is 20.9 Å². The quantitative estimate of drug-likeness (QED) is 0.686. The van der Waals surface area contributed by atoms with Crippen LogP contribution in [0.1, 0.15) is 24.3 Å². The van der Waals surface area contributed by atoms with E-state index in [4.69, 9.17) is 0 Å². The van der Waals surface area contributed by atoms with Gasteiger partial charge in [-0.15, -0.1) is 24.8 Å². The number of carbonyl (C=O) groups is 2. The van der Waals surface area contributed by atoms with E-state index in [2.05, 4.69) is 20.9 Å². The number of aromatic nitrogens is 1. The van der Waals surface area contributed by atoms with Crippen molar-refractivity contribution in [3.8, 4) is 0 Å². The molecule has 0 unspecified atom stereocenters. The molecule has 0 fully saturated rings. The fourth-order valence-corrected chi connectivity index (χ4v) is 1.50. The Labute approximate surface area is 137 Å². The first kappa shape index (κ1) is 21.9. The van der Waals surface area contributed by atoms with Crippen LogP contribution in [-0.4, -0.2) is 42.5 Å². The molecule has 0 aromatic carbocycles. The van der Waals surface area contributed by atoms with E-state index in [0.717, 1.165) is 6.54 Å². The lowest BCUT2D eigenvalue weighted by Crippen LogP contribution is -2.43. The number of amides is 2. The minimum Gasteiger partial charge on any atom is -0.353 e. The minimum atomic E-state index is -0.351. The van der Waals surface area contributed by atoms with E-state index in [1.54, 1.807) is 18.2 Å². The number of carbonyl (C=O) groups excluding carboxylic acids is 2. The summed E-state index contributed by atoms with van der Waals surface area (Å²) in [6.07, 6.45) is 1.53. The predicted molar refractivity (Wildman–Crippen MR) is 87.2 cm³/mol. The molecule has 120 valence electrons. The molecule has 0 aliphatic carbocycles. The zero-order valence-electron chi connectivity index (χ0n) is 12.1. The molecule has 21 heavy (non-hydrogen) atoms. The SMILES string of the molecule is CCN[C@H](C)CNC(=O)CNC(=O)c1ccccn1.Cl.Cl. The maximum atomic E-state index is 11.6. The Morgan fingerprint density at radius 1 is 1.24 bits per heavy atom. The third-order valence-electron chi connectivity index (χ3n) is 2.47. The summed E-state index contributed by atoms with van der Waals surface area (Å²) in [5, 5.41) is 8.44. The highest BCUT2D eigenvalue weighted by Crippen LogP contribution is 1.91. The van der Waals surface area contributed by atoms with Crippen molar-refractivity contribution >= 4 is 36.6 Å². The van der Waals surface area contributed by atoms with Gasteiger partial charge in [0.25, 0.3) is 5.91 Å². The molecule has 1 heterocycles. The second-order valence-electron chi connectivity index (χ2n) is 4.16. The van der Waals surface area contributed by atoms with E-state index in [1.165, 1.54) is 6.20 Å². The molecule has 1 atom stereocenters. The van der Waals surface area contributed by atoms with Crippen molar-refractivity contribution in [2.45, 2.75) is 19.9 Å². The lowest BCUT2D eigenvalue weighted by atomic mass is 10.3. The normalized spacial score (nSPS) is 10.6. The Balaban J connectivity index is 0. The summed E-state index contributed by atoms with van der Waals surface area (Å²) >= 11 is 0. The molecule has 1 aromatic rings. The van der Waals surface area contributed by atoms with Crippen LogP contribution in [0.2, 0.25) is 0 Å². The smallest absolute Gasteiger partial charge is 0.270 e. The lowest BCUT2D eigenvalue weighted by molar-refractivity contribution is -0.120. The van der Waals surface area contributed by atoms with Gasteiger partial charge in [-0.1, -0.05) is 13.0 Å². The van der Waals surface area contributed by atoms with E-state index in [-0.39, 0.29) is 49.2 Å². The van der Waals surface area contributed by atoms with E-state index in [9.17, 15) is 9.59 Å². The third-order valence-corrected chi connectivity index (χ3v) is 2.47. The standard InChI is InChI=1S/C13H20N4O2.2ClH/c1-3-14-10(2)8-16-12(18)9-17-13(19)11-6-4-5-7-15-11;;/h4-7,10,14H,3,8-9H2,1-2H3,(H,16,18)(H,17,19);2*1H/t10-;;/m1../s1. The summed E-state index contributed by atoms with van der Waals surface area (Å²) < 4.78 is 0. The molecule has 0 saturated carbocycles. The Morgan fingerprint density at radius 3 is 2.52 bits per heavy atom. The minimum absolute atomic E-state index is 0. The molecular formula is C13H22Cl2N4O2. The van der Waals surface area contributed by atoms with Crippen LogP contribution in [0, 0.1) is 0 Å². The van der Waals surface area contributed by atoms with Crippen LogP contribution in [0.15, 0.2) is 24.4 Å². The van der Waals surface area contributed by atoms with Gasteiger partial charge in [-0.25, -0.2) is 0 Å². The molecule has 0 aliphatic rings. The van der Waals surface area contributed by atoms with Gasteiger partial charge in [-0.3, -0.25) is 14.6 Å². The third kappa shape index (κ3) is 9.23. The van der Waals surface area contributed by atoms with Crippen LogP contribution < -0.4 is 16.0 Å². The molecular weight excluding hydrogens is 315 g/mol. The Kier molecular flexibility index (Phi) is 12.9. The molecule has 1 rings (SSSR count). The first-order chi connectivity index (χ1) is 9.13. The van der Waals surface area contributed by atoms with Gasteiger partial charge in [0.1, 0.15) is 5.69 Å². The predicted octanol–water partition coefficient (Wildman–Crippen LogP) is 0.769. The van der Waals surface area contributed by atoms with Crippen LogP contribution in [0.5, 0.6) is 0 Å². The number of nitrogens with zero attached hydrogens (tertiary/aromatic N) is 1. The number of rotatable bonds is 7. The zero-order valence-corrected chi connectivity index (χ0v) is 13.7. The summed E-state index contributed by atoms with van der Waals surface area (Å²) in [5.41, 5.74) is 0.302. The molecule has 3 N–H and O–H groups in total. The van der Waals surface area contributed by atoms with Crippen LogP contribution >= 0.6 is 24.8 Å². The molecule has 0 radical (unpaired) electrons. The van der Waals surface area contributed by atoms with Crippen LogP contribution in [0.25, 0.3) is 0 Å². The molecule has 6 nitrogen and oxygen atoms in total. The van der Waals surface area contributed by atoms with Gasteiger partial charge in [0, 0.05) is 18.8 Å². The lowest BCUT2D eigenvalue weighted by Gasteiger charge is -2.13. The molecule has 8 heteroatoms.